The van der Waals surface area contributed by atoms with Gasteiger partial charge in [0.15, 0.2) is 0 Å². The van der Waals surface area contributed by atoms with Crippen LogP contribution in [-0.4, -0.2) is 22.6 Å². The largest absolute Gasteiger partial charge is 0.421 e. The Morgan fingerprint density at radius 2 is 1.79 bits per heavy atom. The normalized spacial score (nSPS) is 10.4. The molecule has 0 bridgehead atoms. The predicted molar refractivity (Wildman–Crippen MR) is 116 cm³/mol. The topological polar surface area (TPSA) is 68.3 Å². The lowest BCUT2D eigenvalue weighted by atomic mass is 10.2. The maximum atomic E-state index is 12.6. The van der Waals surface area contributed by atoms with E-state index in [1.165, 1.54) is 0 Å². The van der Waals surface area contributed by atoms with E-state index in [4.69, 9.17) is 27.9 Å². The van der Waals surface area contributed by atoms with Crippen molar-refractivity contribution in [1.82, 2.24) is 4.98 Å². The monoisotopic (exact) mass is 446 g/mol. The molecule has 0 aliphatic carbocycles. The Kier molecular flexibility index (Phi) is 7.14. The third kappa shape index (κ3) is 5.50. The van der Waals surface area contributed by atoms with Crippen LogP contribution in [0.3, 0.4) is 0 Å². The first-order valence-corrected chi connectivity index (χ1v) is 10.3. The molecule has 0 radical (unpaired) electrons. The number of ether oxygens (including phenoxy) is 1. The average Bonchev–Trinajstić information content (AvgIpc) is 2.72. The second kappa shape index (κ2) is 9.78. The highest BCUT2D eigenvalue weighted by Crippen LogP contribution is 2.27. The lowest BCUT2D eigenvalue weighted by molar-refractivity contribution is -0.113. The Morgan fingerprint density at radius 3 is 2.59 bits per heavy atom. The van der Waals surface area contributed by atoms with Gasteiger partial charge in [-0.2, -0.15) is 0 Å². The Balaban J connectivity index is 1.67. The van der Waals surface area contributed by atoms with Crippen LogP contribution in [0.4, 0.5) is 5.69 Å². The van der Waals surface area contributed by atoms with Gasteiger partial charge in [0, 0.05) is 16.9 Å². The first-order valence-electron chi connectivity index (χ1n) is 8.55. The van der Waals surface area contributed by atoms with E-state index in [-0.39, 0.29) is 23.0 Å². The summed E-state index contributed by atoms with van der Waals surface area (Å²) >= 11 is 13.3. The van der Waals surface area contributed by atoms with Crippen LogP contribution in [-0.2, 0) is 4.79 Å². The highest BCUT2D eigenvalue weighted by atomic mass is 35.5. The number of nitrogens with one attached hydrogen (secondary N) is 1. The number of thioether (sulfide) groups is 1. The van der Waals surface area contributed by atoms with Gasteiger partial charge in [0.1, 0.15) is 10.8 Å². The van der Waals surface area contributed by atoms with Crippen molar-refractivity contribution in [2.45, 2.75) is 11.9 Å². The molecule has 2 aromatic carbocycles. The molecule has 1 heterocycles. The minimum Gasteiger partial charge on any atom is -0.421 e. The Hall–Kier alpha value is -2.54. The van der Waals surface area contributed by atoms with Gasteiger partial charge >= 0.3 is 5.97 Å². The number of aromatic nitrogens is 1. The molecule has 0 unspecified atom stereocenters. The van der Waals surface area contributed by atoms with Crippen LogP contribution in [0.25, 0.3) is 0 Å². The molecular formula is C21H16Cl2N2O3S. The zero-order chi connectivity index (χ0) is 20.8. The lowest BCUT2D eigenvalue weighted by Gasteiger charge is -2.11. The third-order valence-electron chi connectivity index (χ3n) is 3.91. The maximum absolute atomic E-state index is 12.6. The molecule has 5 nitrogen and oxygen atoms in total. The number of hydrogen-bond acceptors (Lipinski definition) is 5. The number of rotatable bonds is 6. The number of halogens is 2. The highest BCUT2D eigenvalue weighted by molar-refractivity contribution is 8.00. The Bertz CT molecular complexity index is 1060. The average molecular weight is 447 g/mol. The fourth-order valence-electron chi connectivity index (χ4n) is 2.41. The fraction of sp³-hybridized carbons (Fsp3) is 0.0952. The summed E-state index contributed by atoms with van der Waals surface area (Å²) in [6.45, 7) is 1.83. The minimum absolute atomic E-state index is 0.0648. The Morgan fingerprint density at radius 1 is 1.03 bits per heavy atom. The van der Waals surface area contributed by atoms with Gasteiger partial charge in [-0.3, -0.25) is 4.79 Å². The smallest absolute Gasteiger partial charge is 0.346 e. The van der Waals surface area contributed by atoms with Crippen molar-refractivity contribution in [3.63, 3.8) is 0 Å². The first kappa shape index (κ1) is 21.2. The van der Waals surface area contributed by atoms with Crippen molar-refractivity contribution >= 4 is 52.5 Å². The molecule has 0 aliphatic rings. The summed E-state index contributed by atoms with van der Waals surface area (Å²) in [4.78, 5) is 29.1. The van der Waals surface area contributed by atoms with Gasteiger partial charge in [-0.15, -0.1) is 0 Å². The molecule has 0 atom stereocenters. The van der Waals surface area contributed by atoms with E-state index in [1.807, 2.05) is 6.92 Å². The number of para-hydroxylation sites is 1. The number of carbonyl (C=O) groups is 2. The van der Waals surface area contributed by atoms with Gasteiger partial charge < -0.3 is 10.1 Å². The Labute approximate surface area is 182 Å². The van der Waals surface area contributed by atoms with Gasteiger partial charge in [-0.05, 0) is 48.9 Å². The van der Waals surface area contributed by atoms with Crippen LogP contribution in [0.15, 0.2) is 65.8 Å². The quantitative estimate of drug-likeness (QED) is 0.301. The molecule has 1 aromatic heterocycles. The van der Waals surface area contributed by atoms with E-state index >= 15 is 0 Å². The van der Waals surface area contributed by atoms with Gasteiger partial charge in [0.05, 0.1) is 16.3 Å². The molecule has 0 fully saturated rings. The van der Waals surface area contributed by atoms with Crippen LogP contribution in [0.5, 0.6) is 5.75 Å². The maximum Gasteiger partial charge on any atom is 0.346 e. The van der Waals surface area contributed by atoms with Crippen LogP contribution < -0.4 is 10.1 Å². The molecule has 1 N–H and O–H groups in total. The number of hydrogen-bond donors (Lipinski definition) is 1. The van der Waals surface area contributed by atoms with E-state index in [0.29, 0.717) is 20.8 Å². The van der Waals surface area contributed by atoms with Crippen molar-refractivity contribution in [3.8, 4) is 5.75 Å². The van der Waals surface area contributed by atoms with Crippen LogP contribution >= 0.6 is 35.0 Å². The third-order valence-corrected chi connectivity index (χ3v) is 5.64. The molecule has 3 aromatic rings. The summed E-state index contributed by atoms with van der Waals surface area (Å²) in [6.07, 6.45) is 1.55. The van der Waals surface area contributed by atoms with Crippen molar-refractivity contribution in [3.05, 3.63) is 82.0 Å². The molecule has 148 valence electrons. The zero-order valence-electron chi connectivity index (χ0n) is 15.3. The second-order valence-electron chi connectivity index (χ2n) is 5.93. The molecule has 0 aliphatic heterocycles. The summed E-state index contributed by atoms with van der Waals surface area (Å²) < 4.78 is 5.36. The van der Waals surface area contributed by atoms with E-state index in [2.05, 4.69) is 10.3 Å². The van der Waals surface area contributed by atoms with Crippen LogP contribution in [0.2, 0.25) is 10.0 Å². The number of pyridine rings is 1. The number of esters is 1. The number of carbonyl (C=O) groups excluding carboxylic acids is 2. The fourth-order valence-corrected chi connectivity index (χ4v) is 3.54. The van der Waals surface area contributed by atoms with E-state index in [9.17, 15) is 9.59 Å². The number of benzene rings is 2. The van der Waals surface area contributed by atoms with Crippen LogP contribution in [0.1, 0.15) is 15.9 Å². The molecule has 0 saturated carbocycles. The molecular weight excluding hydrogens is 431 g/mol. The molecule has 3 rings (SSSR count). The minimum atomic E-state index is -0.597. The number of amides is 1. The summed E-state index contributed by atoms with van der Waals surface area (Å²) in [7, 11) is 0. The van der Waals surface area contributed by atoms with Gasteiger partial charge in [0.25, 0.3) is 0 Å². The molecule has 1 amide bonds. The van der Waals surface area contributed by atoms with Crippen molar-refractivity contribution in [2.75, 3.05) is 11.1 Å². The number of nitrogens with zero attached hydrogens (tertiary/aromatic N) is 1. The highest BCUT2D eigenvalue weighted by Gasteiger charge is 2.17. The van der Waals surface area contributed by atoms with Crippen LogP contribution in [0, 0.1) is 6.92 Å². The van der Waals surface area contributed by atoms with Gasteiger partial charge in [-0.1, -0.05) is 53.2 Å². The van der Waals surface area contributed by atoms with E-state index in [1.54, 1.807) is 60.8 Å². The lowest BCUT2D eigenvalue weighted by Crippen LogP contribution is -2.16. The summed E-state index contributed by atoms with van der Waals surface area (Å²) in [5.41, 5.74) is 1.68. The summed E-state index contributed by atoms with van der Waals surface area (Å²) in [5, 5.41) is 4.11. The van der Waals surface area contributed by atoms with Crippen molar-refractivity contribution < 1.29 is 14.3 Å². The van der Waals surface area contributed by atoms with Crippen molar-refractivity contribution in [2.24, 2.45) is 0 Å². The standard InChI is InChI=1S/C21H16Cl2N2O3S/c1-13-15(22)8-4-9-17(13)25-19(26)12-29-20-14(6-5-11-24-20)21(27)28-18-10-3-2-7-16(18)23/h2-11H,12H2,1H3,(H,25,26). The zero-order valence-corrected chi connectivity index (χ0v) is 17.6. The summed E-state index contributed by atoms with van der Waals surface area (Å²) in [5.74, 6) is -0.514. The van der Waals surface area contributed by atoms with E-state index < -0.39 is 5.97 Å². The first-order chi connectivity index (χ1) is 14.0. The molecule has 29 heavy (non-hydrogen) atoms. The molecule has 0 saturated heterocycles. The predicted octanol–water partition coefficient (Wildman–Crippen LogP) is 5.65. The van der Waals surface area contributed by atoms with Crippen molar-refractivity contribution in [1.29, 1.82) is 0 Å². The second-order valence-corrected chi connectivity index (χ2v) is 7.70. The SMILES string of the molecule is Cc1c(Cl)cccc1NC(=O)CSc1ncccc1C(=O)Oc1ccccc1Cl. The summed E-state index contributed by atoms with van der Waals surface area (Å²) in [6, 6.07) is 15.2. The molecule has 8 heteroatoms. The van der Waals surface area contributed by atoms with Gasteiger partial charge in [0.2, 0.25) is 5.91 Å². The molecule has 0 spiro atoms. The number of anilines is 1. The van der Waals surface area contributed by atoms with Gasteiger partial charge in [-0.25, -0.2) is 9.78 Å². The van der Waals surface area contributed by atoms with E-state index in [0.717, 1.165) is 17.3 Å².